The van der Waals surface area contributed by atoms with Gasteiger partial charge in [-0.05, 0) is 44.2 Å². The molecule has 4 rings (SSSR count). The van der Waals surface area contributed by atoms with Gasteiger partial charge in [0, 0.05) is 24.1 Å². The Labute approximate surface area is 152 Å². The van der Waals surface area contributed by atoms with Crippen molar-refractivity contribution < 1.29 is 19.5 Å². The highest BCUT2D eigenvalue weighted by molar-refractivity contribution is 5.99. The van der Waals surface area contributed by atoms with E-state index >= 15 is 0 Å². The minimum Gasteiger partial charge on any atom is -0.409 e. The second-order valence-electron chi connectivity index (χ2n) is 7.92. The fraction of sp³-hybridized carbons (Fsp3) is 0.579. The van der Waals surface area contributed by atoms with Gasteiger partial charge in [0.05, 0.1) is 6.61 Å². The highest BCUT2D eigenvalue weighted by Gasteiger charge is 2.48. The number of nitrogens with zero attached hydrogens (tertiary/aromatic N) is 2. The van der Waals surface area contributed by atoms with Gasteiger partial charge < -0.3 is 25.3 Å². The van der Waals surface area contributed by atoms with Crippen molar-refractivity contribution in [3.05, 3.63) is 34.9 Å². The number of likely N-dealkylation sites (tertiary alicyclic amines) is 1. The van der Waals surface area contributed by atoms with Crippen LogP contribution in [0.5, 0.6) is 0 Å². The number of hydrogen-bond donors (Lipinski definition) is 2. The Morgan fingerprint density at radius 3 is 2.88 bits per heavy atom. The Bertz CT molecular complexity index is 776. The maximum atomic E-state index is 12.9. The molecule has 2 heterocycles. The van der Waals surface area contributed by atoms with Gasteiger partial charge >= 0.3 is 0 Å². The highest BCUT2D eigenvalue weighted by Crippen LogP contribution is 2.46. The van der Waals surface area contributed by atoms with Crippen molar-refractivity contribution in [1.29, 1.82) is 0 Å². The lowest BCUT2D eigenvalue weighted by molar-refractivity contribution is -0.159. The number of carbonyl (C=O) groups excluding carboxylic acids is 1. The van der Waals surface area contributed by atoms with Gasteiger partial charge in [0.1, 0.15) is 0 Å². The number of rotatable bonds is 2. The molecule has 2 saturated heterocycles. The van der Waals surface area contributed by atoms with Crippen LogP contribution in [-0.2, 0) is 26.1 Å². The normalized spacial score (nSPS) is 30.2. The van der Waals surface area contributed by atoms with Crippen LogP contribution in [-0.4, -0.2) is 53.4 Å². The van der Waals surface area contributed by atoms with E-state index in [2.05, 4.69) is 11.2 Å². The first-order valence-electron chi connectivity index (χ1n) is 9.06. The predicted octanol–water partition coefficient (Wildman–Crippen LogP) is 1.35. The summed E-state index contributed by atoms with van der Waals surface area (Å²) in [6.45, 7) is 5.35. The molecule has 7 heteroatoms. The molecule has 1 aliphatic carbocycles. The second-order valence-corrected chi connectivity index (χ2v) is 7.92. The average molecular weight is 359 g/mol. The van der Waals surface area contributed by atoms with Crippen LogP contribution in [0.15, 0.2) is 23.4 Å². The quantitative estimate of drug-likeness (QED) is 0.360. The summed E-state index contributed by atoms with van der Waals surface area (Å²) in [5.74, 6) is -0.551. The predicted molar refractivity (Wildman–Crippen MR) is 95.1 cm³/mol. The van der Waals surface area contributed by atoms with E-state index in [1.807, 2.05) is 30.9 Å². The molecule has 0 bridgehead atoms. The van der Waals surface area contributed by atoms with Crippen LogP contribution in [0.1, 0.15) is 43.4 Å². The summed E-state index contributed by atoms with van der Waals surface area (Å²) in [4.78, 5) is 14.8. The lowest BCUT2D eigenvalue weighted by Crippen LogP contribution is -2.41. The summed E-state index contributed by atoms with van der Waals surface area (Å²) in [6.07, 6.45) is 2.24. The number of oxime groups is 1. The topological polar surface area (TPSA) is 97.4 Å². The molecule has 1 amide bonds. The van der Waals surface area contributed by atoms with E-state index in [0.717, 1.165) is 30.4 Å². The average Bonchev–Trinajstić information content (AvgIpc) is 3.32. The van der Waals surface area contributed by atoms with Gasteiger partial charge in [-0.25, -0.2) is 0 Å². The van der Waals surface area contributed by atoms with Crippen molar-refractivity contribution in [2.24, 2.45) is 10.9 Å². The van der Waals surface area contributed by atoms with Crippen molar-refractivity contribution in [3.8, 4) is 0 Å². The Balaban J connectivity index is 1.56. The molecule has 3 aliphatic rings. The van der Waals surface area contributed by atoms with E-state index < -0.39 is 11.9 Å². The molecule has 3 N–H and O–H groups in total. The monoisotopic (exact) mass is 359 g/mol. The Hall–Kier alpha value is -2.12. The largest absolute Gasteiger partial charge is 0.409 e. The van der Waals surface area contributed by atoms with Gasteiger partial charge in [-0.3, -0.25) is 4.79 Å². The molecule has 7 nitrogen and oxygen atoms in total. The van der Waals surface area contributed by atoms with E-state index in [1.165, 1.54) is 5.56 Å². The Morgan fingerprint density at radius 2 is 2.19 bits per heavy atom. The zero-order valence-electron chi connectivity index (χ0n) is 15.2. The third-order valence-corrected chi connectivity index (χ3v) is 5.93. The van der Waals surface area contributed by atoms with Gasteiger partial charge in [-0.15, -0.1) is 0 Å². The van der Waals surface area contributed by atoms with E-state index in [4.69, 9.17) is 20.4 Å². The molecule has 1 aromatic carbocycles. The Morgan fingerprint density at radius 1 is 1.38 bits per heavy atom. The van der Waals surface area contributed by atoms with E-state index in [0.29, 0.717) is 19.7 Å². The first-order valence-corrected chi connectivity index (χ1v) is 9.06. The molecule has 1 unspecified atom stereocenters. The number of amides is 1. The van der Waals surface area contributed by atoms with E-state index in [1.54, 1.807) is 0 Å². The number of nitrogens with two attached hydrogens (primary N) is 1. The van der Waals surface area contributed by atoms with Gasteiger partial charge in [0.25, 0.3) is 5.91 Å². The van der Waals surface area contributed by atoms with Crippen LogP contribution in [0.25, 0.3) is 0 Å². The van der Waals surface area contributed by atoms with Crippen molar-refractivity contribution in [2.45, 2.75) is 50.4 Å². The van der Waals surface area contributed by atoms with Gasteiger partial charge in [-0.1, -0.05) is 23.4 Å². The highest BCUT2D eigenvalue weighted by atomic mass is 16.7. The number of benzene rings is 1. The molecule has 0 aromatic heterocycles. The molecule has 140 valence electrons. The smallest absolute Gasteiger partial charge is 0.254 e. The number of ether oxygens (including phenoxy) is 2. The molecule has 1 aromatic rings. The van der Waals surface area contributed by atoms with Crippen molar-refractivity contribution in [1.82, 2.24) is 4.90 Å². The van der Waals surface area contributed by atoms with Gasteiger partial charge in [0.15, 0.2) is 17.7 Å². The van der Waals surface area contributed by atoms with Crippen LogP contribution >= 0.6 is 0 Å². The molecule has 26 heavy (non-hydrogen) atoms. The second kappa shape index (κ2) is 5.96. The lowest BCUT2D eigenvalue weighted by Gasteiger charge is -2.27. The third kappa shape index (κ3) is 2.66. The number of carbonyl (C=O) groups is 1. The minimum atomic E-state index is -0.701. The van der Waals surface area contributed by atoms with Gasteiger partial charge in [0.2, 0.25) is 0 Å². The maximum absolute atomic E-state index is 12.9. The van der Waals surface area contributed by atoms with E-state index in [-0.39, 0.29) is 17.2 Å². The fourth-order valence-electron chi connectivity index (χ4n) is 4.64. The molecule has 2 fully saturated rings. The summed E-state index contributed by atoms with van der Waals surface area (Å²) >= 11 is 0. The summed E-state index contributed by atoms with van der Waals surface area (Å²) in [7, 11) is 0. The fourth-order valence-corrected chi connectivity index (χ4v) is 4.64. The van der Waals surface area contributed by atoms with Crippen LogP contribution in [0.4, 0.5) is 0 Å². The summed E-state index contributed by atoms with van der Waals surface area (Å²) in [5, 5.41) is 12.2. The first-order chi connectivity index (χ1) is 12.4. The number of fused-ring (bicyclic) bond motifs is 2. The summed E-state index contributed by atoms with van der Waals surface area (Å²) in [5.41, 5.74) is 8.95. The van der Waals surface area contributed by atoms with Crippen LogP contribution in [0.2, 0.25) is 0 Å². The summed E-state index contributed by atoms with van der Waals surface area (Å²) < 4.78 is 11.3. The molecular weight excluding hydrogens is 334 g/mol. The minimum absolute atomic E-state index is 0.00786. The summed E-state index contributed by atoms with van der Waals surface area (Å²) in [6, 6.07) is 5.94. The maximum Gasteiger partial charge on any atom is 0.254 e. The first kappa shape index (κ1) is 17.3. The van der Waals surface area contributed by atoms with E-state index in [9.17, 15) is 4.79 Å². The third-order valence-electron chi connectivity index (χ3n) is 5.93. The van der Waals surface area contributed by atoms with Crippen molar-refractivity contribution in [2.75, 3.05) is 19.7 Å². The number of amidine groups is 1. The zero-order valence-corrected chi connectivity index (χ0v) is 15.2. The van der Waals surface area contributed by atoms with Crippen LogP contribution in [0, 0.1) is 0 Å². The van der Waals surface area contributed by atoms with Crippen molar-refractivity contribution >= 4 is 11.7 Å². The zero-order chi connectivity index (χ0) is 18.5. The lowest BCUT2D eigenvalue weighted by atomic mass is 9.81. The molecule has 0 saturated carbocycles. The standard InChI is InChI=1S/C19H25N3O4/c1-18(2)25-10-15(26-18)17(23)22-9-8-19(11-22)7-6-12-13(16(20)21-24)4-3-5-14(12)19/h3-5,15,24H,6-11H2,1-2H3,(H2,20,21)/t15-,19?/m0/s1. The SMILES string of the molecule is CC1(C)OC[C@@H](C(=O)N2CCC3(CCc4c(C(N)=NO)cccc43)C2)O1. The molecular formula is C19H25N3O4. The van der Waals surface area contributed by atoms with Crippen LogP contribution in [0.3, 0.4) is 0 Å². The van der Waals surface area contributed by atoms with Crippen LogP contribution < -0.4 is 5.73 Å². The Kier molecular flexibility index (Phi) is 3.96. The van der Waals surface area contributed by atoms with Gasteiger partial charge in [-0.2, -0.15) is 0 Å². The number of hydrogen-bond acceptors (Lipinski definition) is 5. The van der Waals surface area contributed by atoms with Crippen molar-refractivity contribution in [3.63, 3.8) is 0 Å². The molecule has 1 spiro atoms. The molecule has 2 atom stereocenters. The molecule has 0 radical (unpaired) electrons. The molecule has 2 aliphatic heterocycles.